The fourth-order valence-corrected chi connectivity index (χ4v) is 2.06. The maximum atomic E-state index is 11.1. The summed E-state index contributed by atoms with van der Waals surface area (Å²) in [5, 5.41) is 0. The molecule has 12 heavy (non-hydrogen) atoms. The van der Waals surface area contributed by atoms with E-state index in [9.17, 15) is 4.79 Å². The number of hydrogen-bond donors (Lipinski definition) is 0. The zero-order valence-electron chi connectivity index (χ0n) is 7.34. The maximum Gasteiger partial charge on any atom is 0.156 e. The minimum absolute atomic E-state index is 0.280. The Morgan fingerprint density at radius 3 is 2.83 bits per heavy atom. The Labute approximate surface area is 73.2 Å². The van der Waals surface area contributed by atoms with E-state index in [4.69, 9.17) is 0 Å². The lowest BCUT2D eigenvalue weighted by atomic mass is 9.87. The van der Waals surface area contributed by atoms with Gasteiger partial charge in [0.1, 0.15) is 0 Å². The molecule has 0 aliphatic heterocycles. The summed E-state index contributed by atoms with van der Waals surface area (Å²) < 4.78 is 0. The summed E-state index contributed by atoms with van der Waals surface area (Å²) in [6.07, 6.45) is 9.28. The third-order valence-electron chi connectivity index (χ3n) is 2.71. The van der Waals surface area contributed by atoms with Crippen LogP contribution < -0.4 is 0 Å². The topological polar surface area (TPSA) is 17.1 Å². The molecule has 0 aromatic rings. The molecule has 0 spiro atoms. The first kappa shape index (κ1) is 7.78. The normalized spacial score (nSPS) is 29.9. The SMILES string of the molecule is CC1=CC(=O)C[C]1C1C=CCC1. The van der Waals surface area contributed by atoms with E-state index in [0.29, 0.717) is 12.3 Å². The van der Waals surface area contributed by atoms with Gasteiger partial charge in [0.2, 0.25) is 0 Å². The number of carbonyl (C=O) groups is 1. The van der Waals surface area contributed by atoms with E-state index >= 15 is 0 Å². The van der Waals surface area contributed by atoms with Crippen LogP contribution in [0.4, 0.5) is 0 Å². The maximum absolute atomic E-state index is 11.1. The van der Waals surface area contributed by atoms with Gasteiger partial charge in [-0.25, -0.2) is 0 Å². The second-order valence-corrected chi connectivity index (χ2v) is 3.61. The molecule has 1 nitrogen and oxygen atoms in total. The summed E-state index contributed by atoms with van der Waals surface area (Å²) in [4.78, 5) is 11.1. The first-order valence-electron chi connectivity index (χ1n) is 4.51. The van der Waals surface area contributed by atoms with Crippen molar-refractivity contribution in [1.29, 1.82) is 0 Å². The highest BCUT2D eigenvalue weighted by Crippen LogP contribution is 2.37. The van der Waals surface area contributed by atoms with E-state index in [1.54, 1.807) is 6.08 Å². The average Bonchev–Trinajstić information content (AvgIpc) is 2.58. The lowest BCUT2D eigenvalue weighted by molar-refractivity contribution is -0.113. The summed E-state index contributed by atoms with van der Waals surface area (Å²) >= 11 is 0. The first-order valence-corrected chi connectivity index (χ1v) is 4.51. The van der Waals surface area contributed by atoms with E-state index in [1.165, 1.54) is 24.3 Å². The summed E-state index contributed by atoms with van der Waals surface area (Å²) in [5.74, 6) is 2.20. The van der Waals surface area contributed by atoms with Crippen LogP contribution in [-0.4, -0.2) is 5.78 Å². The van der Waals surface area contributed by atoms with Crippen molar-refractivity contribution < 1.29 is 4.79 Å². The van der Waals surface area contributed by atoms with Crippen molar-refractivity contribution in [2.75, 3.05) is 0 Å². The van der Waals surface area contributed by atoms with Crippen LogP contribution >= 0.6 is 0 Å². The summed E-state index contributed by atoms with van der Waals surface area (Å²) in [6, 6.07) is 0. The van der Waals surface area contributed by atoms with Gasteiger partial charge in [-0.1, -0.05) is 17.7 Å². The van der Waals surface area contributed by atoms with Gasteiger partial charge in [0.15, 0.2) is 5.78 Å². The van der Waals surface area contributed by atoms with Crippen LogP contribution in [0.2, 0.25) is 0 Å². The molecule has 0 heterocycles. The second kappa shape index (κ2) is 2.89. The Kier molecular flexibility index (Phi) is 1.87. The number of carbonyl (C=O) groups excluding carboxylic acids is 1. The minimum Gasteiger partial charge on any atom is -0.295 e. The van der Waals surface area contributed by atoms with Gasteiger partial charge in [-0.2, -0.15) is 0 Å². The predicted octanol–water partition coefficient (Wildman–Crippen LogP) is 2.45. The summed E-state index contributed by atoms with van der Waals surface area (Å²) in [6.45, 7) is 2.05. The zero-order chi connectivity index (χ0) is 8.55. The Morgan fingerprint density at radius 1 is 1.50 bits per heavy atom. The molecule has 1 heteroatoms. The van der Waals surface area contributed by atoms with Crippen LogP contribution in [0.3, 0.4) is 0 Å². The molecule has 63 valence electrons. The molecule has 0 amide bonds. The van der Waals surface area contributed by atoms with Crippen molar-refractivity contribution >= 4 is 5.78 Å². The predicted molar refractivity (Wildman–Crippen MR) is 48.5 cm³/mol. The van der Waals surface area contributed by atoms with Crippen LogP contribution in [0.5, 0.6) is 0 Å². The number of hydrogen-bond acceptors (Lipinski definition) is 1. The van der Waals surface area contributed by atoms with E-state index in [1.807, 2.05) is 6.92 Å². The van der Waals surface area contributed by atoms with Crippen molar-refractivity contribution in [2.45, 2.75) is 26.2 Å². The first-order chi connectivity index (χ1) is 5.77. The van der Waals surface area contributed by atoms with Crippen LogP contribution in [0.25, 0.3) is 0 Å². The molecule has 0 aromatic heterocycles. The van der Waals surface area contributed by atoms with Crippen LogP contribution in [-0.2, 0) is 4.79 Å². The van der Waals surface area contributed by atoms with Crippen LogP contribution in [0.15, 0.2) is 23.8 Å². The molecule has 0 N–H and O–H groups in total. The van der Waals surface area contributed by atoms with Gasteiger partial charge in [-0.15, -0.1) is 0 Å². The highest BCUT2D eigenvalue weighted by Gasteiger charge is 2.29. The smallest absolute Gasteiger partial charge is 0.156 e. The fourth-order valence-electron chi connectivity index (χ4n) is 2.06. The lowest BCUT2D eigenvalue weighted by Gasteiger charge is -2.16. The molecular weight excluding hydrogens is 148 g/mol. The molecule has 0 saturated carbocycles. The molecule has 2 rings (SSSR count). The van der Waals surface area contributed by atoms with Crippen molar-refractivity contribution in [3.8, 4) is 0 Å². The number of allylic oxidation sites excluding steroid dienone is 4. The Bertz CT molecular complexity index is 260. The monoisotopic (exact) mass is 161 g/mol. The van der Waals surface area contributed by atoms with E-state index in [-0.39, 0.29) is 5.78 Å². The molecule has 2 aliphatic carbocycles. The largest absolute Gasteiger partial charge is 0.295 e. The third kappa shape index (κ3) is 1.24. The van der Waals surface area contributed by atoms with Crippen LogP contribution in [0, 0.1) is 11.8 Å². The summed E-state index contributed by atoms with van der Waals surface area (Å²) in [5.41, 5.74) is 1.21. The number of rotatable bonds is 1. The Balaban J connectivity index is 2.10. The Hall–Kier alpha value is -0.850. The van der Waals surface area contributed by atoms with Gasteiger partial charge in [-0.3, -0.25) is 4.79 Å². The van der Waals surface area contributed by atoms with Gasteiger partial charge in [0.25, 0.3) is 0 Å². The van der Waals surface area contributed by atoms with Gasteiger partial charge < -0.3 is 0 Å². The second-order valence-electron chi connectivity index (χ2n) is 3.61. The van der Waals surface area contributed by atoms with Gasteiger partial charge in [0.05, 0.1) is 0 Å². The molecule has 0 fully saturated rings. The van der Waals surface area contributed by atoms with Crippen molar-refractivity contribution in [3.63, 3.8) is 0 Å². The van der Waals surface area contributed by atoms with Crippen molar-refractivity contribution in [3.05, 3.63) is 29.7 Å². The van der Waals surface area contributed by atoms with Crippen molar-refractivity contribution in [1.82, 2.24) is 0 Å². The molecule has 0 saturated heterocycles. The van der Waals surface area contributed by atoms with Crippen LogP contribution in [0.1, 0.15) is 26.2 Å². The molecule has 0 aromatic carbocycles. The van der Waals surface area contributed by atoms with E-state index in [2.05, 4.69) is 12.2 Å². The highest BCUT2D eigenvalue weighted by molar-refractivity contribution is 5.96. The Morgan fingerprint density at radius 2 is 2.33 bits per heavy atom. The lowest BCUT2D eigenvalue weighted by Crippen LogP contribution is -2.07. The minimum atomic E-state index is 0.280. The summed E-state index contributed by atoms with van der Waals surface area (Å²) in [7, 11) is 0. The molecular formula is C11H13O. The van der Waals surface area contributed by atoms with Gasteiger partial charge in [-0.05, 0) is 31.8 Å². The van der Waals surface area contributed by atoms with E-state index in [0.717, 1.165) is 0 Å². The third-order valence-corrected chi connectivity index (χ3v) is 2.71. The highest BCUT2D eigenvalue weighted by atomic mass is 16.1. The quantitative estimate of drug-likeness (QED) is 0.540. The van der Waals surface area contributed by atoms with Gasteiger partial charge >= 0.3 is 0 Å². The molecule has 2 aliphatic rings. The fraction of sp³-hybridized carbons (Fsp3) is 0.455. The number of ketones is 1. The molecule has 0 bridgehead atoms. The standard InChI is InChI=1S/C11H13O/c1-8-6-10(12)7-11(8)9-4-2-3-5-9/h2,4,6,9H,3,5,7H2,1H3. The van der Waals surface area contributed by atoms with Gasteiger partial charge in [0, 0.05) is 12.3 Å². The molecule has 1 radical (unpaired) electrons. The molecule has 1 unspecified atom stereocenters. The molecule has 1 atom stereocenters. The van der Waals surface area contributed by atoms with Crippen molar-refractivity contribution in [2.24, 2.45) is 5.92 Å². The van der Waals surface area contributed by atoms with E-state index < -0.39 is 0 Å². The average molecular weight is 161 g/mol. The zero-order valence-corrected chi connectivity index (χ0v) is 7.34.